The number of hydrogen-bond donors (Lipinski definition) is 0. The number of carbonyl (C=O) groups excluding carboxylic acids is 1. The van der Waals surface area contributed by atoms with Gasteiger partial charge in [0.25, 0.3) is 0 Å². The summed E-state index contributed by atoms with van der Waals surface area (Å²) in [5, 5.41) is 3.73. The van der Waals surface area contributed by atoms with Crippen molar-refractivity contribution in [1.29, 1.82) is 0 Å². The molecule has 1 aromatic heterocycles. The van der Waals surface area contributed by atoms with Gasteiger partial charge >= 0.3 is 0 Å². The van der Waals surface area contributed by atoms with Crippen molar-refractivity contribution in [2.75, 3.05) is 0 Å². The van der Waals surface area contributed by atoms with Crippen molar-refractivity contribution >= 4 is 5.78 Å². The van der Waals surface area contributed by atoms with Gasteiger partial charge in [-0.25, -0.2) is 0 Å². The van der Waals surface area contributed by atoms with Gasteiger partial charge in [-0.2, -0.15) is 0 Å². The highest BCUT2D eigenvalue weighted by atomic mass is 16.5. The molecule has 17 heavy (non-hydrogen) atoms. The quantitative estimate of drug-likeness (QED) is 0.754. The number of benzene rings is 1. The van der Waals surface area contributed by atoms with Gasteiger partial charge in [-0.3, -0.25) is 4.79 Å². The summed E-state index contributed by atoms with van der Waals surface area (Å²) < 4.78 is 5.14. The number of aromatic nitrogens is 1. The van der Waals surface area contributed by atoms with Gasteiger partial charge in [-0.15, -0.1) is 0 Å². The van der Waals surface area contributed by atoms with E-state index < -0.39 is 0 Å². The molecule has 3 heteroatoms. The van der Waals surface area contributed by atoms with Crippen molar-refractivity contribution in [3.63, 3.8) is 0 Å². The van der Waals surface area contributed by atoms with Crippen LogP contribution in [-0.4, -0.2) is 10.9 Å². The Morgan fingerprint density at radius 2 is 1.88 bits per heavy atom. The first-order valence-electron chi connectivity index (χ1n) is 5.66. The summed E-state index contributed by atoms with van der Waals surface area (Å²) in [7, 11) is 0. The van der Waals surface area contributed by atoms with Crippen molar-refractivity contribution in [2.24, 2.45) is 0 Å². The highest BCUT2D eigenvalue weighted by molar-refractivity contribution is 5.92. The molecule has 3 nitrogen and oxygen atoms in total. The largest absolute Gasteiger partial charge is 0.356 e. The lowest BCUT2D eigenvalue weighted by atomic mass is 10.0. The minimum atomic E-state index is -0.0844. The number of rotatable bonds is 3. The average molecular weight is 229 g/mol. The number of ketones is 1. The summed E-state index contributed by atoms with van der Waals surface area (Å²) in [6.07, 6.45) is 0. The molecular formula is C14H15NO2. The first kappa shape index (κ1) is 11.6. The van der Waals surface area contributed by atoms with Gasteiger partial charge in [-0.1, -0.05) is 43.3 Å². The molecule has 2 aromatic rings. The van der Waals surface area contributed by atoms with E-state index in [1.165, 1.54) is 12.5 Å². The first-order chi connectivity index (χ1) is 8.08. The molecular weight excluding hydrogens is 214 g/mol. The second-order valence-electron chi connectivity index (χ2n) is 4.41. The monoisotopic (exact) mass is 229 g/mol. The summed E-state index contributed by atoms with van der Waals surface area (Å²) in [5.74, 6) is 1.05. The highest BCUT2D eigenvalue weighted by Gasteiger charge is 2.10. The molecule has 0 unspecified atom stereocenters. The molecule has 0 bridgehead atoms. The minimum absolute atomic E-state index is 0.0844. The zero-order valence-corrected chi connectivity index (χ0v) is 10.2. The topological polar surface area (TPSA) is 43.1 Å². The molecule has 0 spiro atoms. The fourth-order valence-corrected chi connectivity index (χ4v) is 1.61. The van der Waals surface area contributed by atoms with Crippen LogP contribution in [0.3, 0.4) is 0 Å². The lowest BCUT2D eigenvalue weighted by molar-refractivity contribution is 0.100. The zero-order chi connectivity index (χ0) is 12.4. The standard InChI is InChI=1S/C14H15NO2/c1-9(2)11-4-6-12(7-5-11)14-8-13(10(3)16)15-17-14/h4-9H,1-3H3. The normalized spacial score (nSPS) is 10.8. The van der Waals surface area contributed by atoms with Gasteiger partial charge in [0.15, 0.2) is 11.5 Å². The zero-order valence-electron chi connectivity index (χ0n) is 10.2. The molecule has 88 valence electrons. The van der Waals surface area contributed by atoms with E-state index >= 15 is 0 Å². The summed E-state index contributed by atoms with van der Waals surface area (Å²) in [4.78, 5) is 11.1. The van der Waals surface area contributed by atoms with Crippen LogP contribution in [0.25, 0.3) is 11.3 Å². The lowest BCUT2D eigenvalue weighted by Crippen LogP contribution is -1.89. The van der Waals surface area contributed by atoms with Crippen molar-refractivity contribution in [3.05, 3.63) is 41.6 Å². The van der Waals surface area contributed by atoms with Gasteiger partial charge in [0.1, 0.15) is 5.69 Å². The van der Waals surface area contributed by atoms with Crippen molar-refractivity contribution in [1.82, 2.24) is 5.16 Å². The summed E-state index contributed by atoms with van der Waals surface area (Å²) in [5.41, 5.74) is 2.59. The van der Waals surface area contributed by atoms with Crippen LogP contribution >= 0.6 is 0 Å². The van der Waals surface area contributed by atoms with E-state index in [9.17, 15) is 4.79 Å². The molecule has 0 aliphatic carbocycles. The predicted molar refractivity (Wildman–Crippen MR) is 66.0 cm³/mol. The second kappa shape index (κ2) is 4.53. The summed E-state index contributed by atoms with van der Waals surface area (Å²) in [6, 6.07) is 9.78. The van der Waals surface area contributed by atoms with Crippen LogP contribution in [0.4, 0.5) is 0 Å². The fraction of sp³-hybridized carbons (Fsp3) is 0.286. The van der Waals surface area contributed by atoms with Gasteiger partial charge in [0.2, 0.25) is 0 Å². The molecule has 1 heterocycles. The van der Waals surface area contributed by atoms with Crippen molar-refractivity contribution in [3.8, 4) is 11.3 Å². The SMILES string of the molecule is CC(=O)c1cc(-c2ccc(C(C)C)cc2)on1. The molecule has 2 rings (SSSR count). The lowest BCUT2D eigenvalue weighted by Gasteiger charge is -2.04. The maximum Gasteiger partial charge on any atom is 0.181 e. The van der Waals surface area contributed by atoms with Crippen LogP contribution in [0.15, 0.2) is 34.9 Å². The van der Waals surface area contributed by atoms with E-state index in [1.807, 2.05) is 12.1 Å². The Labute approximate surface area is 100 Å². The Morgan fingerprint density at radius 1 is 1.24 bits per heavy atom. The third-order valence-electron chi connectivity index (χ3n) is 2.73. The summed E-state index contributed by atoms with van der Waals surface area (Å²) in [6.45, 7) is 5.78. The molecule has 0 saturated carbocycles. The van der Waals surface area contributed by atoms with Gasteiger partial charge in [-0.05, 0) is 11.5 Å². The highest BCUT2D eigenvalue weighted by Crippen LogP contribution is 2.23. The second-order valence-corrected chi connectivity index (χ2v) is 4.41. The molecule has 0 aliphatic heterocycles. The van der Waals surface area contributed by atoms with Crippen LogP contribution in [0.1, 0.15) is 42.7 Å². The molecule has 0 radical (unpaired) electrons. The van der Waals surface area contributed by atoms with E-state index in [2.05, 4.69) is 31.1 Å². The third-order valence-corrected chi connectivity index (χ3v) is 2.73. The maximum absolute atomic E-state index is 11.1. The van der Waals surface area contributed by atoms with E-state index in [0.29, 0.717) is 17.4 Å². The molecule has 0 atom stereocenters. The van der Waals surface area contributed by atoms with Crippen LogP contribution in [-0.2, 0) is 0 Å². The predicted octanol–water partition coefficient (Wildman–Crippen LogP) is 3.67. The van der Waals surface area contributed by atoms with Crippen LogP contribution in [0, 0.1) is 0 Å². The van der Waals surface area contributed by atoms with E-state index in [4.69, 9.17) is 4.52 Å². The van der Waals surface area contributed by atoms with E-state index in [1.54, 1.807) is 6.07 Å². The number of hydrogen-bond acceptors (Lipinski definition) is 3. The molecule has 0 amide bonds. The van der Waals surface area contributed by atoms with Gasteiger partial charge < -0.3 is 4.52 Å². The van der Waals surface area contributed by atoms with Crippen molar-refractivity contribution < 1.29 is 9.32 Å². The van der Waals surface area contributed by atoms with Crippen LogP contribution in [0.5, 0.6) is 0 Å². The van der Waals surface area contributed by atoms with Crippen molar-refractivity contribution in [2.45, 2.75) is 26.7 Å². The minimum Gasteiger partial charge on any atom is -0.356 e. The smallest absolute Gasteiger partial charge is 0.181 e. The fourth-order valence-electron chi connectivity index (χ4n) is 1.61. The Hall–Kier alpha value is -1.90. The molecule has 1 aromatic carbocycles. The summed E-state index contributed by atoms with van der Waals surface area (Å²) >= 11 is 0. The Morgan fingerprint density at radius 3 is 2.35 bits per heavy atom. The average Bonchev–Trinajstić information content (AvgIpc) is 2.78. The third kappa shape index (κ3) is 2.44. The molecule has 0 saturated heterocycles. The first-order valence-corrected chi connectivity index (χ1v) is 5.66. The molecule has 0 aliphatic rings. The maximum atomic E-state index is 11.1. The van der Waals surface area contributed by atoms with Crippen LogP contribution in [0.2, 0.25) is 0 Å². The van der Waals surface area contributed by atoms with E-state index in [0.717, 1.165) is 5.56 Å². The van der Waals surface area contributed by atoms with Gasteiger partial charge in [0.05, 0.1) is 0 Å². The molecule has 0 N–H and O–H groups in total. The number of carbonyl (C=O) groups is 1. The van der Waals surface area contributed by atoms with Crippen LogP contribution < -0.4 is 0 Å². The Bertz CT molecular complexity index is 523. The van der Waals surface area contributed by atoms with E-state index in [-0.39, 0.29) is 5.78 Å². The Kier molecular flexibility index (Phi) is 3.09. The molecule has 0 fully saturated rings. The number of Topliss-reactive ketones (excluding diaryl/α,β-unsaturated/α-hetero) is 1. The number of nitrogens with zero attached hydrogens (tertiary/aromatic N) is 1. The Balaban J connectivity index is 2.30. The van der Waals surface area contributed by atoms with Gasteiger partial charge in [0, 0.05) is 18.6 Å².